The fourth-order valence-corrected chi connectivity index (χ4v) is 2.32. The molecule has 0 spiro atoms. The van der Waals surface area contributed by atoms with E-state index in [2.05, 4.69) is 13.8 Å². The van der Waals surface area contributed by atoms with Crippen molar-refractivity contribution < 1.29 is 9.90 Å². The first-order valence-corrected chi connectivity index (χ1v) is 6.89. The zero-order valence-electron chi connectivity index (χ0n) is 11.8. The van der Waals surface area contributed by atoms with Crippen LogP contribution in [-0.4, -0.2) is 35.0 Å². The van der Waals surface area contributed by atoms with Crippen LogP contribution in [0.5, 0.6) is 5.75 Å². The number of hydrogen-bond donors (Lipinski definition) is 2. The molecule has 4 heteroatoms. The fraction of sp³-hybridized carbons (Fsp3) is 0.533. The Bertz CT molecular complexity index is 403. The zero-order valence-corrected chi connectivity index (χ0v) is 11.8. The highest BCUT2D eigenvalue weighted by Gasteiger charge is 2.20. The lowest BCUT2D eigenvalue weighted by Gasteiger charge is -2.30. The highest BCUT2D eigenvalue weighted by Crippen LogP contribution is 2.14. The molecule has 0 aromatic heterocycles. The third kappa shape index (κ3) is 4.56. The molecule has 1 aromatic rings. The van der Waals surface area contributed by atoms with E-state index in [-0.39, 0.29) is 17.7 Å². The second-order valence-corrected chi connectivity index (χ2v) is 4.69. The first-order chi connectivity index (χ1) is 9.12. The van der Waals surface area contributed by atoms with Gasteiger partial charge in [-0.25, -0.2) is 0 Å². The van der Waals surface area contributed by atoms with Crippen LogP contribution in [0.15, 0.2) is 24.3 Å². The van der Waals surface area contributed by atoms with E-state index in [1.54, 1.807) is 18.2 Å². The number of carbonyl (C=O) groups is 1. The van der Waals surface area contributed by atoms with Crippen molar-refractivity contribution in [3.05, 3.63) is 29.8 Å². The summed E-state index contributed by atoms with van der Waals surface area (Å²) in [6, 6.07) is 7.08. The van der Waals surface area contributed by atoms with Gasteiger partial charge in [-0.2, -0.15) is 0 Å². The lowest BCUT2D eigenvalue weighted by atomic mass is 10.1. The molecule has 1 aromatic carbocycles. The molecule has 19 heavy (non-hydrogen) atoms. The van der Waals surface area contributed by atoms with Gasteiger partial charge in [0.15, 0.2) is 0 Å². The number of phenols is 1. The second kappa shape index (κ2) is 7.79. The van der Waals surface area contributed by atoms with E-state index in [0.29, 0.717) is 19.5 Å². The number of nitrogens with two attached hydrogens (primary N) is 1. The molecule has 0 aliphatic heterocycles. The average molecular weight is 264 g/mol. The Labute approximate surface area is 115 Å². The molecule has 0 heterocycles. The molecule has 4 nitrogen and oxygen atoms in total. The smallest absolute Gasteiger partial charge is 0.227 e. The predicted octanol–water partition coefficient (Wildman–Crippen LogP) is 1.91. The Kier molecular flexibility index (Phi) is 6.36. The lowest BCUT2D eigenvalue weighted by Crippen LogP contribution is -2.43. The van der Waals surface area contributed by atoms with Crippen LogP contribution >= 0.6 is 0 Å². The number of nitrogens with zero attached hydrogens (tertiary/aromatic N) is 1. The Balaban J connectivity index is 2.76. The van der Waals surface area contributed by atoms with Crippen LogP contribution in [0.25, 0.3) is 0 Å². The molecule has 0 saturated carbocycles. The predicted molar refractivity (Wildman–Crippen MR) is 76.9 cm³/mol. The van der Waals surface area contributed by atoms with Crippen LogP contribution in [0.4, 0.5) is 0 Å². The first kappa shape index (κ1) is 15.5. The van der Waals surface area contributed by atoms with Crippen LogP contribution < -0.4 is 5.73 Å². The molecule has 0 atom stereocenters. The summed E-state index contributed by atoms with van der Waals surface area (Å²) in [5.74, 6) is 0.267. The molecule has 106 valence electrons. The maximum Gasteiger partial charge on any atom is 0.227 e. The van der Waals surface area contributed by atoms with E-state index >= 15 is 0 Å². The number of carbonyl (C=O) groups excluding carboxylic acids is 1. The minimum absolute atomic E-state index is 0.0738. The van der Waals surface area contributed by atoms with Gasteiger partial charge in [-0.3, -0.25) is 4.79 Å². The molecule has 0 fully saturated rings. The summed E-state index contributed by atoms with van der Waals surface area (Å²) in [4.78, 5) is 14.2. The highest BCUT2D eigenvalue weighted by atomic mass is 16.3. The summed E-state index contributed by atoms with van der Waals surface area (Å²) in [7, 11) is 0. The van der Waals surface area contributed by atoms with Gasteiger partial charge in [-0.1, -0.05) is 26.0 Å². The summed E-state index contributed by atoms with van der Waals surface area (Å²) >= 11 is 0. The number of benzene rings is 1. The molecule has 0 aliphatic rings. The molecule has 0 radical (unpaired) electrons. The number of rotatable bonds is 7. The van der Waals surface area contributed by atoms with Crippen LogP contribution in [-0.2, 0) is 11.2 Å². The first-order valence-electron chi connectivity index (χ1n) is 6.89. The average Bonchev–Trinajstić information content (AvgIpc) is 2.39. The van der Waals surface area contributed by atoms with E-state index in [1.807, 2.05) is 11.0 Å². The third-order valence-corrected chi connectivity index (χ3v) is 3.34. The summed E-state index contributed by atoms with van der Waals surface area (Å²) in [5.41, 5.74) is 6.43. The topological polar surface area (TPSA) is 66.6 Å². The van der Waals surface area contributed by atoms with Gasteiger partial charge in [-0.15, -0.1) is 0 Å². The normalized spacial score (nSPS) is 10.7. The van der Waals surface area contributed by atoms with E-state index in [9.17, 15) is 9.90 Å². The van der Waals surface area contributed by atoms with Gasteiger partial charge in [0.05, 0.1) is 6.42 Å². The van der Waals surface area contributed by atoms with Gasteiger partial charge in [0.25, 0.3) is 0 Å². The Hall–Kier alpha value is -1.55. The van der Waals surface area contributed by atoms with Crippen molar-refractivity contribution in [1.29, 1.82) is 0 Å². The Morgan fingerprint density at radius 3 is 2.58 bits per heavy atom. The molecule has 0 bridgehead atoms. The van der Waals surface area contributed by atoms with Crippen molar-refractivity contribution in [1.82, 2.24) is 4.90 Å². The Morgan fingerprint density at radius 2 is 2.05 bits per heavy atom. The van der Waals surface area contributed by atoms with Crippen LogP contribution in [0.1, 0.15) is 32.3 Å². The van der Waals surface area contributed by atoms with E-state index in [0.717, 1.165) is 18.4 Å². The monoisotopic (exact) mass is 264 g/mol. The molecule has 3 N–H and O–H groups in total. The van der Waals surface area contributed by atoms with Crippen molar-refractivity contribution >= 4 is 5.91 Å². The van der Waals surface area contributed by atoms with Crippen LogP contribution in [0, 0.1) is 0 Å². The third-order valence-electron chi connectivity index (χ3n) is 3.34. The van der Waals surface area contributed by atoms with Crippen molar-refractivity contribution in [2.75, 3.05) is 13.1 Å². The van der Waals surface area contributed by atoms with E-state index in [4.69, 9.17) is 5.73 Å². The molecule has 1 amide bonds. The fourth-order valence-electron chi connectivity index (χ4n) is 2.32. The number of amides is 1. The van der Waals surface area contributed by atoms with Crippen molar-refractivity contribution in [2.45, 2.75) is 39.2 Å². The Morgan fingerprint density at radius 1 is 1.37 bits per heavy atom. The summed E-state index contributed by atoms with van der Waals surface area (Å²) in [6.07, 6.45) is 2.18. The minimum Gasteiger partial charge on any atom is -0.508 e. The molecule has 0 unspecified atom stereocenters. The number of hydrogen-bond acceptors (Lipinski definition) is 3. The van der Waals surface area contributed by atoms with Gasteiger partial charge in [0, 0.05) is 19.1 Å². The van der Waals surface area contributed by atoms with Gasteiger partial charge in [0.1, 0.15) is 5.75 Å². The maximum absolute atomic E-state index is 12.4. The van der Waals surface area contributed by atoms with Gasteiger partial charge < -0.3 is 15.7 Å². The van der Waals surface area contributed by atoms with Gasteiger partial charge in [0.2, 0.25) is 5.91 Å². The molecule has 1 rings (SSSR count). The summed E-state index contributed by atoms with van der Waals surface area (Å²) in [5, 5.41) is 9.42. The quantitative estimate of drug-likeness (QED) is 0.790. The van der Waals surface area contributed by atoms with Gasteiger partial charge in [-0.05, 0) is 30.5 Å². The van der Waals surface area contributed by atoms with E-state index < -0.39 is 0 Å². The largest absolute Gasteiger partial charge is 0.508 e. The standard InChI is InChI=1S/C15H24N2O2/c1-3-13(4-2)17(9-8-16)15(19)11-12-6-5-7-14(18)10-12/h5-7,10,13,18H,3-4,8-9,11,16H2,1-2H3. The molecule has 0 aliphatic carbocycles. The van der Waals surface area contributed by atoms with Crippen molar-refractivity contribution in [3.63, 3.8) is 0 Å². The maximum atomic E-state index is 12.4. The second-order valence-electron chi connectivity index (χ2n) is 4.69. The number of phenolic OH excluding ortho intramolecular Hbond substituents is 1. The van der Waals surface area contributed by atoms with Crippen molar-refractivity contribution in [2.24, 2.45) is 5.73 Å². The highest BCUT2D eigenvalue weighted by molar-refractivity contribution is 5.79. The minimum atomic E-state index is 0.0738. The van der Waals surface area contributed by atoms with Crippen LogP contribution in [0.3, 0.4) is 0 Å². The van der Waals surface area contributed by atoms with Gasteiger partial charge >= 0.3 is 0 Å². The number of aromatic hydroxyl groups is 1. The SMILES string of the molecule is CCC(CC)N(CCN)C(=O)Cc1cccc(O)c1. The summed E-state index contributed by atoms with van der Waals surface area (Å²) in [6.45, 7) is 5.23. The lowest BCUT2D eigenvalue weighted by molar-refractivity contribution is -0.132. The molecule has 0 saturated heterocycles. The summed E-state index contributed by atoms with van der Waals surface area (Å²) < 4.78 is 0. The zero-order chi connectivity index (χ0) is 14.3. The molecular formula is C15H24N2O2. The van der Waals surface area contributed by atoms with Crippen LogP contribution in [0.2, 0.25) is 0 Å². The molecular weight excluding hydrogens is 240 g/mol. The van der Waals surface area contributed by atoms with Crippen molar-refractivity contribution in [3.8, 4) is 5.75 Å². The van der Waals surface area contributed by atoms with E-state index in [1.165, 1.54) is 0 Å².